The number of hydrogen-bond donors (Lipinski definition) is 0. The third-order valence-electron chi connectivity index (χ3n) is 9.72. The van der Waals surface area contributed by atoms with E-state index in [-0.39, 0.29) is 27.9 Å². The van der Waals surface area contributed by atoms with Gasteiger partial charge in [-0.05, 0) is 87.7 Å². The summed E-state index contributed by atoms with van der Waals surface area (Å²) < 4.78 is 0.202. The standard InChI is InChI=1S/C30H42N2O2S/c1-5-22-17-25-18-28(35-30(25,6-2)24-13-9-11-23(22)12-10-14-24)29(34)31-19-20(3)32(21(4)33)27-16-8-7-15-26(27)31/h5,7-8,15-16,20,22-25,28H,1,6,9-14,17-19H2,2-4H3/t20-,22?,23?,24?,25?,28?,30?/m0/s1. The number of carbonyl (C=O) groups excluding carboxylic acids is 2. The van der Waals surface area contributed by atoms with Crippen molar-refractivity contribution in [3.05, 3.63) is 36.9 Å². The fourth-order valence-electron chi connectivity index (χ4n) is 8.11. The molecule has 190 valence electrons. The Bertz CT molecular complexity index is 969. The third-order valence-corrected chi connectivity index (χ3v) is 11.8. The predicted molar refractivity (Wildman–Crippen MR) is 147 cm³/mol. The van der Waals surface area contributed by atoms with Crippen LogP contribution in [0.2, 0.25) is 0 Å². The topological polar surface area (TPSA) is 40.6 Å². The van der Waals surface area contributed by atoms with Crippen molar-refractivity contribution in [2.75, 3.05) is 16.3 Å². The summed E-state index contributed by atoms with van der Waals surface area (Å²) in [5.74, 6) is 2.92. The minimum Gasteiger partial charge on any atom is -0.307 e. The summed E-state index contributed by atoms with van der Waals surface area (Å²) in [7, 11) is 0. The predicted octanol–water partition coefficient (Wildman–Crippen LogP) is 6.84. The molecule has 4 unspecified atom stereocenters. The van der Waals surface area contributed by atoms with Gasteiger partial charge in [0.05, 0.1) is 22.7 Å². The van der Waals surface area contributed by atoms with Crippen LogP contribution in [0.25, 0.3) is 0 Å². The molecular weight excluding hydrogens is 452 g/mol. The lowest BCUT2D eigenvalue weighted by atomic mass is 9.71. The van der Waals surface area contributed by atoms with Gasteiger partial charge in [-0.25, -0.2) is 0 Å². The number of rotatable bonds is 3. The van der Waals surface area contributed by atoms with E-state index in [2.05, 4.69) is 26.5 Å². The van der Waals surface area contributed by atoms with Crippen molar-refractivity contribution < 1.29 is 9.59 Å². The SMILES string of the molecule is C=CC1CC2CC(C(=O)N3C[C@H](C)N(C(C)=O)c4ccccc43)SC2(CC)C2CCCC1CCC2. The molecule has 35 heavy (non-hydrogen) atoms. The zero-order valence-electron chi connectivity index (χ0n) is 21.7. The highest BCUT2D eigenvalue weighted by atomic mass is 32.2. The largest absolute Gasteiger partial charge is 0.307 e. The molecule has 3 saturated carbocycles. The summed E-state index contributed by atoms with van der Waals surface area (Å²) in [4.78, 5) is 30.5. The van der Waals surface area contributed by atoms with Crippen molar-refractivity contribution in [1.82, 2.24) is 0 Å². The molecule has 6 rings (SSSR count). The van der Waals surface area contributed by atoms with Crippen LogP contribution in [-0.4, -0.2) is 34.4 Å². The lowest BCUT2D eigenvalue weighted by molar-refractivity contribution is -0.119. The number of thioether (sulfide) groups is 1. The second-order valence-corrected chi connectivity index (χ2v) is 13.0. The molecule has 0 N–H and O–H groups in total. The Kier molecular flexibility index (Phi) is 7.09. The van der Waals surface area contributed by atoms with Crippen molar-refractivity contribution in [1.29, 1.82) is 0 Å². The number of allylic oxidation sites excluding steroid dienone is 1. The summed E-state index contributed by atoms with van der Waals surface area (Å²) in [5.41, 5.74) is 1.75. The highest BCUT2D eigenvalue weighted by molar-refractivity contribution is 8.02. The first kappa shape index (κ1) is 24.9. The smallest absolute Gasteiger partial charge is 0.240 e. The maximum Gasteiger partial charge on any atom is 0.240 e. The monoisotopic (exact) mass is 494 g/mol. The molecular formula is C30H42N2O2S. The molecule has 2 amide bonds. The Labute approximate surface area is 215 Å². The van der Waals surface area contributed by atoms with Crippen LogP contribution in [-0.2, 0) is 9.59 Å². The Balaban J connectivity index is 1.47. The minimum absolute atomic E-state index is 0.00523. The average molecular weight is 495 g/mol. The molecule has 5 aliphatic rings. The van der Waals surface area contributed by atoms with E-state index in [4.69, 9.17) is 0 Å². The van der Waals surface area contributed by atoms with Gasteiger partial charge in [0.1, 0.15) is 0 Å². The number of para-hydroxylation sites is 2. The number of amides is 2. The van der Waals surface area contributed by atoms with Gasteiger partial charge in [0.25, 0.3) is 0 Å². The molecule has 2 heterocycles. The molecule has 4 fully saturated rings. The van der Waals surface area contributed by atoms with Crippen LogP contribution in [0.5, 0.6) is 0 Å². The van der Waals surface area contributed by atoms with E-state index in [0.29, 0.717) is 24.3 Å². The fourth-order valence-corrected chi connectivity index (χ4v) is 10.2. The lowest BCUT2D eigenvalue weighted by Gasteiger charge is -2.42. The summed E-state index contributed by atoms with van der Waals surface area (Å²) in [6.45, 7) is 10.9. The normalized spacial score (nSPS) is 36.9. The van der Waals surface area contributed by atoms with Crippen LogP contribution >= 0.6 is 11.8 Å². The molecule has 2 bridgehead atoms. The Morgan fingerprint density at radius 3 is 2.40 bits per heavy atom. The van der Waals surface area contributed by atoms with E-state index in [0.717, 1.165) is 30.1 Å². The van der Waals surface area contributed by atoms with Crippen LogP contribution < -0.4 is 9.80 Å². The van der Waals surface area contributed by atoms with Gasteiger partial charge in [-0.1, -0.05) is 38.0 Å². The van der Waals surface area contributed by atoms with E-state index in [1.165, 1.54) is 44.9 Å². The van der Waals surface area contributed by atoms with Crippen molar-refractivity contribution >= 4 is 35.0 Å². The number of hydrogen-bond acceptors (Lipinski definition) is 3. The number of benzene rings is 1. The third kappa shape index (κ3) is 4.26. The van der Waals surface area contributed by atoms with E-state index in [9.17, 15) is 9.59 Å². The lowest BCUT2D eigenvalue weighted by Crippen LogP contribution is -2.53. The molecule has 3 aliphatic carbocycles. The second-order valence-electron chi connectivity index (χ2n) is 11.5. The summed E-state index contributed by atoms with van der Waals surface area (Å²) in [6, 6.07) is 7.91. The summed E-state index contributed by atoms with van der Waals surface area (Å²) in [5, 5.41) is -0.00523. The Hall–Kier alpha value is -1.75. The fraction of sp³-hybridized carbons (Fsp3) is 0.667. The first-order chi connectivity index (χ1) is 16.9. The first-order valence-corrected chi connectivity index (χ1v) is 14.8. The van der Waals surface area contributed by atoms with Gasteiger partial charge in [-0.3, -0.25) is 9.59 Å². The van der Waals surface area contributed by atoms with Crippen molar-refractivity contribution in [2.45, 2.75) is 94.6 Å². The van der Waals surface area contributed by atoms with E-state index >= 15 is 0 Å². The molecule has 1 aromatic rings. The molecule has 4 nitrogen and oxygen atoms in total. The van der Waals surface area contributed by atoms with E-state index < -0.39 is 0 Å². The Morgan fingerprint density at radius 2 is 1.77 bits per heavy atom. The molecule has 0 spiro atoms. The number of carbonyl (C=O) groups is 2. The zero-order chi connectivity index (χ0) is 24.7. The van der Waals surface area contributed by atoms with Gasteiger partial charge in [0, 0.05) is 18.2 Å². The molecule has 2 aliphatic heterocycles. The molecule has 5 atom stereocenters. The van der Waals surface area contributed by atoms with Crippen LogP contribution in [0.15, 0.2) is 36.9 Å². The maximum absolute atomic E-state index is 14.2. The van der Waals surface area contributed by atoms with Gasteiger partial charge in [0.2, 0.25) is 11.8 Å². The average Bonchev–Trinajstić information content (AvgIpc) is 3.23. The summed E-state index contributed by atoms with van der Waals surface area (Å²) in [6.07, 6.45) is 13.5. The number of nitrogens with zero attached hydrogens (tertiary/aromatic N) is 2. The van der Waals surface area contributed by atoms with Crippen LogP contribution in [0.1, 0.15) is 78.6 Å². The second kappa shape index (κ2) is 9.95. The van der Waals surface area contributed by atoms with E-state index in [1.807, 2.05) is 45.8 Å². The molecule has 5 heteroatoms. The number of fused-ring (bicyclic) bond motifs is 6. The molecule has 0 aromatic heterocycles. The number of anilines is 2. The van der Waals surface area contributed by atoms with Crippen molar-refractivity contribution in [3.8, 4) is 0 Å². The van der Waals surface area contributed by atoms with Gasteiger partial charge in [0.15, 0.2) is 0 Å². The van der Waals surface area contributed by atoms with Gasteiger partial charge < -0.3 is 9.80 Å². The van der Waals surface area contributed by atoms with E-state index in [1.54, 1.807) is 6.92 Å². The zero-order valence-corrected chi connectivity index (χ0v) is 22.6. The maximum atomic E-state index is 14.2. The Morgan fingerprint density at radius 1 is 1.09 bits per heavy atom. The van der Waals surface area contributed by atoms with Gasteiger partial charge in [-0.2, -0.15) is 0 Å². The van der Waals surface area contributed by atoms with Gasteiger partial charge >= 0.3 is 0 Å². The first-order valence-electron chi connectivity index (χ1n) is 13.9. The molecule has 1 saturated heterocycles. The van der Waals surface area contributed by atoms with Crippen molar-refractivity contribution in [3.63, 3.8) is 0 Å². The quantitative estimate of drug-likeness (QED) is 0.432. The van der Waals surface area contributed by atoms with Crippen LogP contribution in [0, 0.1) is 23.7 Å². The van der Waals surface area contributed by atoms with Crippen LogP contribution in [0.3, 0.4) is 0 Å². The summed E-state index contributed by atoms with van der Waals surface area (Å²) >= 11 is 2.03. The van der Waals surface area contributed by atoms with Crippen molar-refractivity contribution in [2.24, 2.45) is 23.7 Å². The van der Waals surface area contributed by atoms with Crippen LogP contribution in [0.4, 0.5) is 11.4 Å². The molecule has 0 radical (unpaired) electrons. The molecule has 1 aromatic carbocycles. The minimum atomic E-state index is -0.0284. The van der Waals surface area contributed by atoms with Gasteiger partial charge in [-0.15, -0.1) is 18.3 Å². The highest BCUT2D eigenvalue weighted by Crippen LogP contribution is 2.60. The highest BCUT2D eigenvalue weighted by Gasteiger charge is 2.55.